The topological polar surface area (TPSA) is 58.6 Å². The third kappa shape index (κ3) is 4.95. The third-order valence-electron chi connectivity index (χ3n) is 5.01. The molecule has 0 spiro atoms. The van der Waals surface area contributed by atoms with Crippen LogP contribution in [0.3, 0.4) is 0 Å². The molecule has 0 saturated carbocycles. The summed E-state index contributed by atoms with van der Waals surface area (Å²) in [6.07, 6.45) is 3.77. The van der Waals surface area contributed by atoms with E-state index in [1.165, 1.54) is 0 Å². The van der Waals surface area contributed by atoms with Crippen molar-refractivity contribution >= 4 is 23.4 Å². The molecule has 2 amide bonds. The van der Waals surface area contributed by atoms with Crippen molar-refractivity contribution in [3.05, 3.63) is 34.9 Å². The molecule has 5 nitrogen and oxygen atoms in total. The van der Waals surface area contributed by atoms with Crippen LogP contribution >= 0.6 is 11.6 Å². The average molecular weight is 365 g/mol. The van der Waals surface area contributed by atoms with Gasteiger partial charge in [0.25, 0.3) is 5.91 Å². The lowest BCUT2D eigenvalue weighted by Crippen LogP contribution is -2.46. The summed E-state index contributed by atoms with van der Waals surface area (Å²) in [4.78, 5) is 26.5. The standard InChI is InChI=1S/C19H25ClN2O3/c20-16-5-3-14(4-6-16)7-10-21-18(23)15-8-11-22(12-9-15)19(24)17-2-1-13-25-17/h3-6,15,17H,1-2,7-13H2,(H,21,23). The van der Waals surface area contributed by atoms with Crippen molar-refractivity contribution in [2.75, 3.05) is 26.2 Å². The van der Waals surface area contributed by atoms with Crippen LogP contribution < -0.4 is 5.32 Å². The van der Waals surface area contributed by atoms with Gasteiger partial charge in [-0.05, 0) is 49.8 Å². The number of amides is 2. The third-order valence-corrected chi connectivity index (χ3v) is 5.26. The summed E-state index contributed by atoms with van der Waals surface area (Å²) in [6.45, 7) is 2.60. The van der Waals surface area contributed by atoms with Crippen LogP contribution in [0.25, 0.3) is 0 Å². The maximum Gasteiger partial charge on any atom is 0.251 e. The van der Waals surface area contributed by atoms with Crippen LogP contribution in [0.4, 0.5) is 0 Å². The highest BCUT2D eigenvalue weighted by Gasteiger charge is 2.32. The fraction of sp³-hybridized carbons (Fsp3) is 0.579. The molecule has 0 radical (unpaired) electrons. The first-order chi connectivity index (χ1) is 12.1. The molecule has 1 unspecified atom stereocenters. The van der Waals surface area contributed by atoms with E-state index in [1.54, 1.807) is 0 Å². The zero-order chi connectivity index (χ0) is 17.6. The first kappa shape index (κ1) is 18.2. The highest BCUT2D eigenvalue weighted by Crippen LogP contribution is 2.21. The molecule has 25 heavy (non-hydrogen) atoms. The van der Waals surface area contributed by atoms with Gasteiger partial charge in [-0.25, -0.2) is 0 Å². The minimum Gasteiger partial charge on any atom is -0.368 e. The van der Waals surface area contributed by atoms with Crippen LogP contribution in [-0.4, -0.2) is 49.1 Å². The van der Waals surface area contributed by atoms with Gasteiger partial charge in [-0.2, -0.15) is 0 Å². The van der Waals surface area contributed by atoms with E-state index in [2.05, 4.69) is 5.32 Å². The molecule has 2 aliphatic rings. The molecule has 6 heteroatoms. The van der Waals surface area contributed by atoms with Crippen molar-refractivity contribution in [2.45, 2.75) is 38.2 Å². The lowest BCUT2D eigenvalue weighted by molar-refractivity contribution is -0.143. The van der Waals surface area contributed by atoms with E-state index < -0.39 is 0 Å². The smallest absolute Gasteiger partial charge is 0.251 e. The largest absolute Gasteiger partial charge is 0.368 e. The van der Waals surface area contributed by atoms with Crippen LogP contribution in [0.2, 0.25) is 5.02 Å². The minimum absolute atomic E-state index is 0.00114. The van der Waals surface area contributed by atoms with Crippen molar-refractivity contribution < 1.29 is 14.3 Å². The van der Waals surface area contributed by atoms with Crippen LogP contribution in [0, 0.1) is 5.92 Å². The summed E-state index contributed by atoms with van der Waals surface area (Å²) < 4.78 is 5.47. The van der Waals surface area contributed by atoms with E-state index in [-0.39, 0.29) is 23.8 Å². The molecule has 0 aliphatic carbocycles. The zero-order valence-electron chi connectivity index (χ0n) is 14.4. The number of nitrogens with one attached hydrogen (secondary N) is 1. The number of nitrogens with zero attached hydrogens (tertiary/aromatic N) is 1. The van der Waals surface area contributed by atoms with Crippen molar-refractivity contribution in [2.24, 2.45) is 5.92 Å². The predicted molar refractivity (Wildman–Crippen MR) is 96.4 cm³/mol. The fourth-order valence-corrected chi connectivity index (χ4v) is 3.59. The minimum atomic E-state index is -0.259. The Morgan fingerprint density at radius 3 is 2.52 bits per heavy atom. The molecule has 1 atom stereocenters. The Hall–Kier alpha value is -1.59. The lowest BCUT2D eigenvalue weighted by Gasteiger charge is -2.32. The van der Waals surface area contributed by atoms with Crippen molar-refractivity contribution in [1.29, 1.82) is 0 Å². The average Bonchev–Trinajstić information content (AvgIpc) is 3.17. The molecular weight excluding hydrogens is 340 g/mol. The number of piperidine rings is 1. The van der Waals surface area contributed by atoms with Gasteiger partial charge in [0.05, 0.1) is 0 Å². The second-order valence-corrected chi connectivity index (χ2v) is 7.21. The van der Waals surface area contributed by atoms with E-state index in [9.17, 15) is 9.59 Å². The van der Waals surface area contributed by atoms with Crippen molar-refractivity contribution in [3.8, 4) is 0 Å². The summed E-state index contributed by atoms with van der Waals surface area (Å²) >= 11 is 5.87. The first-order valence-electron chi connectivity index (χ1n) is 9.06. The maximum atomic E-state index is 12.3. The van der Waals surface area contributed by atoms with E-state index in [1.807, 2.05) is 29.2 Å². The Labute approximate surface area is 153 Å². The van der Waals surface area contributed by atoms with Gasteiger partial charge in [0.1, 0.15) is 6.10 Å². The number of rotatable bonds is 5. The van der Waals surface area contributed by atoms with E-state index in [4.69, 9.17) is 16.3 Å². The normalized spacial score (nSPS) is 21.3. The number of hydrogen-bond donors (Lipinski definition) is 1. The maximum absolute atomic E-state index is 12.3. The number of carbonyl (C=O) groups is 2. The van der Waals surface area contributed by atoms with Crippen molar-refractivity contribution in [3.63, 3.8) is 0 Å². The highest BCUT2D eigenvalue weighted by atomic mass is 35.5. The van der Waals surface area contributed by atoms with Crippen LogP contribution in [-0.2, 0) is 20.7 Å². The monoisotopic (exact) mass is 364 g/mol. The lowest BCUT2D eigenvalue weighted by atomic mass is 9.95. The number of ether oxygens (including phenoxy) is 1. The molecule has 0 aromatic heterocycles. The number of halogens is 1. The van der Waals surface area contributed by atoms with Gasteiger partial charge in [0.15, 0.2) is 0 Å². The summed E-state index contributed by atoms with van der Waals surface area (Å²) in [6, 6.07) is 7.67. The number of hydrogen-bond acceptors (Lipinski definition) is 3. The molecule has 2 heterocycles. The summed E-state index contributed by atoms with van der Waals surface area (Å²) in [7, 11) is 0. The molecule has 136 valence electrons. The van der Waals surface area contributed by atoms with Gasteiger partial charge in [-0.15, -0.1) is 0 Å². The summed E-state index contributed by atoms with van der Waals surface area (Å²) in [5.74, 6) is 0.191. The molecule has 2 saturated heterocycles. The summed E-state index contributed by atoms with van der Waals surface area (Å²) in [5, 5.41) is 3.73. The quantitative estimate of drug-likeness (QED) is 0.872. The predicted octanol–water partition coefficient (Wildman–Crippen LogP) is 2.42. The SMILES string of the molecule is O=C(NCCc1ccc(Cl)cc1)C1CCN(C(=O)C2CCCO2)CC1. The van der Waals surface area contributed by atoms with Crippen molar-refractivity contribution in [1.82, 2.24) is 10.2 Å². The molecule has 1 N–H and O–H groups in total. The molecule has 3 rings (SSSR count). The second-order valence-electron chi connectivity index (χ2n) is 6.77. The Kier molecular flexibility index (Phi) is 6.32. The van der Waals surface area contributed by atoms with Gasteiger partial charge < -0.3 is 15.0 Å². The van der Waals surface area contributed by atoms with Gasteiger partial charge in [-0.1, -0.05) is 23.7 Å². The molecule has 0 bridgehead atoms. The number of carbonyl (C=O) groups excluding carboxylic acids is 2. The Morgan fingerprint density at radius 1 is 1.16 bits per heavy atom. The Balaban J connectivity index is 1.37. The molecule has 2 fully saturated rings. The van der Waals surface area contributed by atoms with E-state index in [0.29, 0.717) is 26.2 Å². The van der Waals surface area contributed by atoms with Gasteiger partial charge in [-0.3, -0.25) is 9.59 Å². The molecule has 2 aliphatic heterocycles. The second kappa shape index (κ2) is 8.68. The first-order valence-corrected chi connectivity index (χ1v) is 9.44. The number of benzene rings is 1. The highest BCUT2D eigenvalue weighted by molar-refractivity contribution is 6.30. The van der Waals surface area contributed by atoms with Crippen LogP contribution in [0.15, 0.2) is 24.3 Å². The van der Waals surface area contributed by atoms with Gasteiger partial charge >= 0.3 is 0 Å². The molecular formula is C19H25ClN2O3. The summed E-state index contributed by atoms with van der Waals surface area (Å²) in [5.41, 5.74) is 1.15. The van der Waals surface area contributed by atoms with Gasteiger partial charge in [0.2, 0.25) is 5.91 Å². The molecule has 1 aromatic carbocycles. The Morgan fingerprint density at radius 2 is 1.88 bits per heavy atom. The van der Waals surface area contributed by atoms with E-state index >= 15 is 0 Å². The molecule has 1 aromatic rings. The van der Waals surface area contributed by atoms with Crippen LogP contribution in [0.5, 0.6) is 0 Å². The van der Waals surface area contributed by atoms with E-state index in [0.717, 1.165) is 42.7 Å². The zero-order valence-corrected chi connectivity index (χ0v) is 15.1. The fourth-order valence-electron chi connectivity index (χ4n) is 3.46. The Bertz CT molecular complexity index is 591. The van der Waals surface area contributed by atoms with Crippen LogP contribution in [0.1, 0.15) is 31.2 Å². The number of likely N-dealkylation sites (tertiary alicyclic amines) is 1. The van der Waals surface area contributed by atoms with Gasteiger partial charge in [0, 0.05) is 37.2 Å².